The third-order valence-electron chi connectivity index (χ3n) is 6.36. The molecule has 1 aliphatic carbocycles. The van der Waals surface area contributed by atoms with Crippen molar-refractivity contribution in [2.45, 2.75) is 70.5 Å². The van der Waals surface area contributed by atoms with Crippen molar-refractivity contribution in [1.82, 2.24) is 20.6 Å². The third-order valence-corrected chi connectivity index (χ3v) is 8.05. The van der Waals surface area contributed by atoms with E-state index in [0.717, 1.165) is 56.4 Å². The Morgan fingerprint density at radius 2 is 1.89 bits per heavy atom. The number of fused-ring (bicyclic) bond motifs is 1. The van der Waals surface area contributed by atoms with Crippen molar-refractivity contribution in [1.29, 1.82) is 0 Å². The van der Waals surface area contributed by atoms with Crippen molar-refractivity contribution >= 4 is 74.0 Å². The van der Waals surface area contributed by atoms with Crippen LogP contribution >= 0.6 is 52.1 Å². The summed E-state index contributed by atoms with van der Waals surface area (Å²) in [6.07, 6.45) is 8.28. The molecule has 2 fully saturated rings. The fourth-order valence-electron chi connectivity index (χ4n) is 5.12. The number of piperidine rings is 1. The van der Waals surface area contributed by atoms with Crippen molar-refractivity contribution in [3.05, 3.63) is 52.1 Å². The highest BCUT2D eigenvalue weighted by atomic mass is 79.9. The first-order chi connectivity index (χ1) is 16.6. The zero-order valence-corrected chi connectivity index (χ0v) is 25.5. The Labute approximate surface area is 243 Å². The van der Waals surface area contributed by atoms with Gasteiger partial charge in [0.15, 0.2) is 0 Å². The predicted octanol–water partition coefficient (Wildman–Crippen LogP) is 7.14. The van der Waals surface area contributed by atoms with Crippen LogP contribution < -0.4 is 16.0 Å². The SMILES string of the molecule is CC1(C)CC(=CCNc2ncc(Br)c(-c3cc4c(C(=O)NC5CC5)cccc4s3)n2)CC(C)(C)N1.Cl.Cl. The number of hydrogen-bond donors (Lipinski definition) is 3. The molecule has 1 aromatic carbocycles. The van der Waals surface area contributed by atoms with E-state index in [-0.39, 0.29) is 41.8 Å². The normalized spacial score (nSPS) is 17.9. The summed E-state index contributed by atoms with van der Waals surface area (Å²) in [6.45, 7) is 9.70. The van der Waals surface area contributed by atoms with Gasteiger partial charge in [-0.25, -0.2) is 9.97 Å². The molecule has 2 aromatic heterocycles. The zero-order valence-electron chi connectivity index (χ0n) is 21.5. The molecule has 0 radical (unpaired) electrons. The molecule has 0 atom stereocenters. The summed E-state index contributed by atoms with van der Waals surface area (Å²) in [5.41, 5.74) is 3.17. The molecule has 200 valence electrons. The number of hydrogen-bond acceptors (Lipinski definition) is 6. The van der Waals surface area contributed by atoms with Crippen LogP contribution in [0.3, 0.4) is 0 Å². The van der Waals surface area contributed by atoms with E-state index in [1.165, 1.54) is 5.57 Å². The molecule has 1 saturated carbocycles. The smallest absolute Gasteiger partial charge is 0.252 e. The largest absolute Gasteiger partial charge is 0.351 e. The summed E-state index contributed by atoms with van der Waals surface area (Å²) in [5, 5.41) is 11.2. The maximum atomic E-state index is 12.7. The summed E-state index contributed by atoms with van der Waals surface area (Å²) >= 11 is 5.26. The Morgan fingerprint density at radius 3 is 2.57 bits per heavy atom. The van der Waals surface area contributed by atoms with Crippen molar-refractivity contribution in [2.24, 2.45) is 0 Å². The average molecular weight is 627 g/mol. The predicted molar refractivity (Wildman–Crippen MR) is 163 cm³/mol. The summed E-state index contributed by atoms with van der Waals surface area (Å²) in [5.74, 6) is 0.598. The molecule has 1 saturated heterocycles. The number of carbonyl (C=O) groups excluding carboxylic acids is 1. The number of aromatic nitrogens is 2. The van der Waals surface area contributed by atoms with Crippen LogP contribution in [0.1, 0.15) is 63.7 Å². The van der Waals surface area contributed by atoms with Gasteiger partial charge in [-0.2, -0.15) is 0 Å². The van der Waals surface area contributed by atoms with Crippen molar-refractivity contribution in [3.63, 3.8) is 0 Å². The van der Waals surface area contributed by atoms with E-state index >= 15 is 0 Å². The van der Waals surface area contributed by atoms with Crippen molar-refractivity contribution in [2.75, 3.05) is 11.9 Å². The van der Waals surface area contributed by atoms with Crippen LogP contribution in [0.5, 0.6) is 0 Å². The van der Waals surface area contributed by atoms with Gasteiger partial charge in [0, 0.05) is 45.5 Å². The van der Waals surface area contributed by atoms with E-state index in [1.807, 2.05) is 12.1 Å². The lowest BCUT2D eigenvalue weighted by atomic mass is 9.79. The Kier molecular flexibility index (Phi) is 9.34. The van der Waals surface area contributed by atoms with Crippen LogP contribution in [0.25, 0.3) is 20.7 Å². The number of halogens is 3. The maximum absolute atomic E-state index is 12.7. The molecule has 2 aliphatic rings. The van der Waals surface area contributed by atoms with Gasteiger partial charge in [0.25, 0.3) is 5.91 Å². The number of rotatable bonds is 6. The van der Waals surface area contributed by atoms with Gasteiger partial charge >= 0.3 is 0 Å². The van der Waals surface area contributed by atoms with Crippen LogP contribution in [0, 0.1) is 0 Å². The molecule has 1 aliphatic heterocycles. The molecule has 0 unspecified atom stereocenters. The van der Waals surface area contributed by atoms with Crippen LogP contribution in [-0.2, 0) is 0 Å². The van der Waals surface area contributed by atoms with Gasteiger partial charge in [0.1, 0.15) is 5.69 Å². The lowest BCUT2D eigenvalue weighted by molar-refractivity contribution is 0.0952. The highest BCUT2D eigenvalue weighted by Gasteiger charge is 2.34. The summed E-state index contributed by atoms with van der Waals surface area (Å²) in [6, 6.07) is 8.30. The van der Waals surface area contributed by atoms with Crippen LogP contribution in [0.4, 0.5) is 5.95 Å². The topological polar surface area (TPSA) is 78.9 Å². The number of thiophene rings is 1. The van der Waals surface area contributed by atoms with E-state index in [4.69, 9.17) is 4.98 Å². The Bertz CT molecular complexity index is 1300. The molecule has 0 spiro atoms. The summed E-state index contributed by atoms with van der Waals surface area (Å²) in [4.78, 5) is 23.0. The quantitative estimate of drug-likeness (QED) is 0.254. The fraction of sp³-hybridized carbons (Fsp3) is 0.444. The van der Waals surface area contributed by atoms with Crippen molar-refractivity contribution < 1.29 is 4.79 Å². The minimum absolute atomic E-state index is 0. The Hall–Kier alpha value is -1.71. The Morgan fingerprint density at radius 1 is 1.19 bits per heavy atom. The Balaban J connectivity index is 0.00000190. The molecular formula is C27H34BrCl2N5OS. The minimum atomic E-state index is 0. The van der Waals surface area contributed by atoms with E-state index < -0.39 is 0 Å². The first kappa shape index (κ1) is 29.8. The third kappa shape index (κ3) is 7.24. The average Bonchev–Trinajstić information content (AvgIpc) is 3.46. The van der Waals surface area contributed by atoms with Gasteiger partial charge in [0.2, 0.25) is 5.95 Å². The van der Waals surface area contributed by atoms with Crippen LogP contribution in [0.2, 0.25) is 0 Å². The van der Waals surface area contributed by atoms with Gasteiger partial charge in [-0.15, -0.1) is 36.2 Å². The zero-order chi connectivity index (χ0) is 24.8. The number of carbonyl (C=O) groups is 1. The molecule has 3 heterocycles. The van der Waals surface area contributed by atoms with Crippen molar-refractivity contribution in [3.8, 4) is 10.6 Å². The van der Waals surface area contributed by atoms with Gasteiger partial charge in [-0.3, -0.25) is 4.79 Å². The second-order valence-electron chi connectivity index (χ2n) is 11.0. The molecule has 1 amide bonds. The lowest BCUT2D eigenvalue weighted by Crippen LogP contribution is -2.55. The second kappa shape index (κ2) is 11.6. The van der Waals surface area contributed by atoms with Gasteiger partial charge in [-0.1, -0.05) is 17.7 Å². The van der Waals surface area contributed by atoms with Gasteiger partial charge in [-0.05, 0) is 87.5 Å². The van der Waals surface area contributed by atoms with Crippen LogP contribution in [-0.4, -0.2) is 39.5 Å². The highest BCUT2D eigenvalue weighted by Crippen LogP contribution is 2.38. The molecule has 37 heavy (non-hydrogen) atoms. The summed E-state index contributed by atoms with van der Waals surface area (Å²) in [7, 11) is 0. The monoisotopic (exact) mass is 625 g/mol. The molecular weight excluding hydrogens is 593 g/mol. The van der Waals surface area contributed by atoms with E-state index in [1.54, 1.807) is 17.5 Å². The molecule has 5 rings (SSSR count). The number of nitrogens with one attached hydrogen (secondary N) is 3. The molecule has 6 nitrogen and oxygen atoms in total. The summed E-state index contributed by atoms with van der Waals surface area (Å²) < 4.78 is 1.91. The highest BCUT2D eigenvalue weighted by molar-refractivity contribution is 9.10. The van der Waals surface area contributed by atoms with E-state index in [2.05, 4.69) is 82.8 Å². The molecule has 0 bridgehead atoms. The fourth-order valence-corrected chi connectivity index (χ4v) is 6.75. The number of nitrogens with zero attached hydrogens (tertiary/aromatic N) is 2. The lowest BCUT2D eigenvalue weighted by Gasteiger charge is -2.44. The minimum Gasteiger partial charge on any atom is -0.351 e. The molecule has 3 aromatic rings. The second-order valence-corrected chi connectivity index (χ2v) is 12.9. The first-order valence-electron chi connectivity index (χ1n) is 12.2. The van der Waals surface area contributed by atoms with Crippen LogP contribution in [0.15, 0.2) is 46.6 Å². The van der Waals surface area contributed by atoms with E-state index in [9.17, 15) is 4.79 Å². The first-order valence-corrected chi connectivity index (χ1v) is 13.8. The molecule has 10 heteroatoms. The van der Waals surface area contributed by atoms with Gasteiger partial charge < -0.3 is 16.0 Å². The number of benzene rings is 1. The van der Waals surface area contributed by atoms with Gasteiger partial charge in [0.05, 0.1) is 9.35 Å². The maximum Gasteiger partial charge on any atom is 0.252 e. The standard InChI is InChI=1S/C27H32BrN5OS.2ClH/c1-26(2)13-16(14-27(3,4)33-26)10-11-29-25-30-15-20(28)23(32-25)22-12-19-18(6-5-7-21(19)35-22)24(34)31-17-8-9-17;;/h5-7,10,12,15,17,33H,8-9,11,13-14H2,1-4H3,(H,31,34)(H,29,30,32);2*1H. The number of anilines is 1. The van der Waals surface area contributed by atoms with E-state index in [0.29, 0.717) is 18.5 Å². The number of amides is 1. The molecule has 3 N–H and O–H groups in total.